The Hall–Kier alpha value is -1.63. The van der Waals surface area contributed by atoms with Crippen LogP contribution in [0.15, 0.2) is 23.1 Å². The molecule has 0 aliphatic rings. The third-order valence-corrected chi connectivity index (χ3v) is 3.58. The molecule has 0 saturated heterocycles. The van der Waals surface area contributed by atoms with Crippen LogP contribution in [0.3, 0.4) is 0 Å². The van der Waals surface area contributed by atoms with Gasteiger partial charge in [0.2, 0.25) is 5.91 Å². The number of carboxylic acids is 1. The second-order valence-electron chi connectivity index (χ2n) is 4.24. The van der Waals surface area contributed by atoms with E-state index in [1.54, 1.807) is 6.92 Å². The minimum Gasteiger partial charge on any atom is -0.481 e. The van der Waals surface area contributed by atoms with Crippen molar-refractivity contribution < 1.29 is 23.5 Å². The molecule has 1 rings (SSSR count). The monoisotopic (exact) mass is 303 g/mol. The molecule has 1 aromatic rings. The van der Waals surface area contributed by atoms with E-state index in [0.29, 0.717) is 11.3 Å². The predicted octanol–water partition coefficient (Wildman–Crippen LogP) is 2.28. The lowest BCUT2D eigenvalue weighted by molar-refractivity contribution is -0.141. The zero-order valence-electron chi connectivity index (χ0n) is 10.9. The number of carbonyl (C=O) groups excluding carboxylic acids is 1. The van der Waals surface area contributed by atoms with Gasteiger partial charge >= 0.3 is 5.97 Å². The number of thioether (sulfide) groups is 1. The van der Waals surface area contributed by atoms with Gasteiger partial charge in [0.25, 0.3) is 0 Å². The Morgan fingerprint density at radius 2 is 2.05 bits per heavy atom. The Kier molecular flexibility index (Phi) is 6.44. The van der Waals surface area contributed by atoms with Crippen molar-refractivity contribution in [2.75, 3.05) is 12.3 Å². The molecule has 110 valence electrons. The molecule has 0 fully saturated rings. The normalized spacial score (nSPS) is 11.9. The molecular weight excluding hydrogens is 288 g/mol. The zero-order valence-corrected chi connectivity index (χ0v) is 11.7. The third-order valence-electron chi connectivity index (χ3n) is 2.58. The highest BCUT2D eigenvalue weighted by Gasteiger charge is 2.11. The maximum atomic E-state index is 12.9. The lowest BCUT2D eigenvalue weighted by atomic mass is 10.1. The van der Waals surface area contributed by atoms with Crippen molar-refractivity contribution in [3.8, 4) is 0 Å². The van der Waals surface area contributed by atoms with Crippen molar-refractivity contribution in [2.24, 2.45) is 5.92 Å². The molecule has 1 aromatic carbocycles. The molecule has 7 heteroatoms. The van der Waals surface area contributed by atoms with Crippen molar-refractivity contribution in [1.82, 2.24) is 5.32 Å². The van der Waals surface area contributed by atoms with Gasteiger partial charge < -0.3 is 10.4 Å². The lowest BCUT2D eigenvalue weighted by Crippen LogP contribution is -2.28. The van der Waals surface area contributed by atoms with Crippen LogP contribution in [-0.2, 0) is 9.59 Å². The van der Waals surface area contributed by atoms with Gasteiger partial charge in [-0.2, -0.15) is 0 Å². The van der Waals surface area contributed by atoms with Gasteiger partial charge in [0.1, 0.15) is 0 Å². The average molecular weight is 303 g/mol. The van der Waals surface area contributed by atoms with Crippen LogP contribution in [0.25, 0.3) is 0 Å². The second-order valence-corrected chi connectivity index (χ2v) is 5.29. The number of carbonyl (C=O) groups is 2. The SMILES string of the molecule is CC(CCNC(=O)CSc1ccc(F)c(F)c1)C(=O)O. The van der Waals surface area contributed by atoms with Crippen molar-refractivity contribution in [2.45, 2.75) is 18.2 Å². The first-order valence-corrected chi connectivity index (χ1v) is 6.96. The molecule has 0 aromatic heterocycles. The van der Waals surface area contributed by atoms with E-state index in [0.717, 1.165) is 23.9 Å². The first-order valence-electron chi connectivity index (χ1n) is 5.97. The third kappa shape index (κ3) is 5.56. The lowest BCUT2D eigenvalue weighted by Gasteiger charge is -2.08. The summed E-state index contributed by atoms with van der Waals surface area (Å²) in [6.07, 6.45) is 0.344. The molecular formula is C13H15F2NO3S. The van der Waals surface area contributed by atoms with E-state index >= 15 is 0 Å². The molecule has 0 aliphatic heterocycles. The number of hydrogen-bond acceptors (Lipinski definition) is 3. The Bertz CT molecular complexity index is 497. The van der Waals surface area contributed by atoms with E-state index in [1.807, 2.05) is 0 Å². The second kappa shape index (κ2) is 7.84. The molecule has 20 heavy (non-hydrogen) atoms. The standard InChI is InChI=1S/C13H15F2NO3S/c1-8(13(18)19)4-5-16-12(17)7-20-9-2-3-10(14)11(15)6-9/h2-3,6,8H,4-5,7H2,1H3,(H,16,17)(H,18,19). The summed E-state index contributed by atoms with van der Waals surface area (Å²) in [6, 6.07) is 3.42. The number of halogens is 2. The van der Waals surface area contributed by atoms with E-state index in [1.165, 1.54) is 6.07 Å². The molecule has 1 atom stereocenters. The van der Waals surface area contributed by atoms with Crippen LogP contribution < -0.4 is 5.32 Å². The summed E-state index contributed by atoms with van der Waals surface area (Å²) in [6.45, 7) is 1.83. The summed E-state index contributed by atoms with van der Waals surface area (Å²) >= 11 is 1.08. The van der Waals surface area contributed by atoms with Gasteiger partial charge in [0.05, 0.1) is 11.7 Å². The summed E-state index contributed by atoms with van der Waals surface area (Å²) in [5, 5.41) is 11.2. The smallest absolute Gasteiger partial charge is 0.306 e. The van der Waals surface area contributed by atoms with Gasteiger partial charge in [-0.25, -0.2) is 8.78 Å². The van der Waals surface area contributed by atoms with Crippen molar-refractivity contribution in [1.29, 1.82) is 0 Å². The summed E-state index contributed by atoms with van der Waals surface area (Å²) in [5.74, 6) is -3.53. The van der Waals surface area contributed by atoms with E-state index in [9.17, 15) is 18.4 Å². The zero-order chi connectivity index (χ0) is 15.1. The van der Waals surface area contributed by atoms with Crippen LogP contribution in [0.1, 0.15) is 13.3 Å². The minimum atomic E-state index is -0.953. The van der Waals surface area contributed by atoms with Crippen LogP contribution in [0.4, 0.5) is 8.78 Å². The van der Waals surface area contributed by atoms with Gasteiger partial charge in [-0.1, -0.05) is 6.92 Å². The van der Waals surface area contributed by atoms with Crippen molar-refractivity contribution >= 4 is 23.6 Å². The fourth-order valence-corrected chi connectivity index (χ4v) is 2.07. The van der Waals surface area contributed by atoms with E-state index in [-0.39, 0.29) is 18.2 Å². The molecule has 0 heterocycles. The van der Waals surface area contributed by atoms with Gasteiger partial charge in [0, 0.05) is 11.4 Å². The highest BCUT2D eigenvalue weighted by Crippen LogP contribution is 2.19. The molecule has 2 N–H and O–H groups in total. The molecule has 4 nitrogen and oxygen atoms in total. The minimum absolute atomic E-state index is 0.0620. The van der Waals surface area contributed by atoms with Gasteiger partial charge in [0.15, 0.2) is 11.6 Å². The number of hydrogen-bond donors (Lipinski definition) is 2. The Balaban J connectivity index is 2.29. The first kappa shape index (κ1) is 16.4. The number of rotatable bonds is 7. The molecule has 0 aliphatic carbocycles. The Morgan fingerprint density at radius 3 is 2.65 bits per heavy atom. The fourth-order valence-electron chi connectivity index (χ4n) is 1.32. The van der Waals surface area contributed by atoms with Gasteiger partial charge in [-0.3, -0.25) is 9.59 Å². The molecule has 1 unspecified atom stereocenters. The number of benzene rings is 1. The van der Waals surface area contributed by atoms with Crippen LogP contribution in [0.2, 0.25) is 0 Å². The number of nitrogens with one attached hydrogen (secondary N) is 1. The highest BCUT2D eigenvalue weighted by molar-refractivity contribution is 8.00. The molecule has 0 spiro atoms. The van der Waals surface area contributed by atoms with Gasteiger partial charge in [-0.05, 0) is 24.6 Å². The largest absolute Gasteiger partial charge is 0.481 e. The molecule has 0 bridgehead atoms. The van der Waals surface area contributed by atoms with Crippen molar-refractivity contribution in [3.05, 3.63) is 29.8 Å². The number of carboxylic acid groups (broad SMARTS) is 1. The number of aliphatic carboxylic acids is 1. The Morgan fingerprint density at radius 1 is 1.35 bits per heavy atom. The van der Waals surface area contributed by atoms with Crippen LogP contribution in [-0.4, -0.2) is 29.3 Å². The molecule has 1 amide bonds. The maximum Gasteiger partial charge on any atom is 0.306 e. The first-order chi connectivity index (χ1) is 9.40. The topological polar surface area (TPSA) is 66.4 Å². The van der Waals surface area contributed by atoms with E-state index in [2.05, 4.69) is 5.32 Å². The quantitative estimate of drug-likeness (QED) is 0.758. The molecule has 0 saturated carbocycles. The summed E-state index contributed by atoms with van der Waals surface area (Å²) in [5.41, 5.74) is 0. The summed E-state index contributed by atoms with van der Waals surface area (Å²) in [7, 11) is 0. The average Bonchev–Trinajstić information content (AvgIpc) is 2.40. The van der Waals surface area contributed by atoms with E-state index in [4.69, 9.17) is 5.11 Å². The fraction of sp³-hybridized carbons (Fsp3) is 0.385. The Labute approximate surface area is 119 Å². The number of amides is 1. The van der Waals surface area contributed by atoms with Crippen LogP contribution in [0, 0.1) is 17.6 Å². The van der Waals surface area contributed by atoms with Crippen molar-refractivity contribution in [3.63, 3.8) is 0 Å². The maximum absolute atomic E-state index is 12.9. The van der Waals surface area contributed by atoms with Gasteiger partial charge in [-0.15, -0.1) is 11.8 Å². The summed E-state index contributed by atoms with van der Waals surface area (Å²) in [4.78, 5) is 22.5. The molecule has 0 radical (unpaired) electrons. The van der Waals surface area contributed by atoms with E-state index < -0.39 is 23.5 Å². The predicted molar refractivity (Wildman–Crippen MR) is 71.5 cm³/mol. The highest BCUT2D eigenvalue weighted by atomic mass is 32.2. The van der Waals surface area contributed by atoms with Crippen LogP contribution >= 0.6 is 11.8 Å². The summed E-state index contributed by atoms with van der Waals surface area (Å²) < 4.78 is 25.6. The van der Waals surface area contributed by atoms with Crippen LogP contribution in [0.5, 0.6) is 0 Å².